The zero-order valence-corrected chi connectivity index (χ0v) is 19.7. The van der Waals surface area contributed by atoms with Crippen molar-refractivity contribution in [2.45, 2.75) is 136 Å². The second-order valence-corrected chi connectivity index (χ2v) is 7.72. The summed E-state index contributed by atoms with van der Waals surface area (Å²) in [7, 11) is 0. The molecule has 0 aliphatic carbocycles. The van der Waals surface area contributed by atoms with Crippen LogP contribution in [0, 0.1) is 5.92 Å². The lowest BCUT2D eigenvalue weighted by atomic mass is 9.76. The van der Waals surface area contributed by atoms with E-state index in [2.05, 4.69) is 27.7 Å². The van der Waals surface area contributed by atoms with Gasteiger partial charge in [-0.2, -0.15) is 0 Å². The fraction of sp³-hybridized carbons (Fsp3) is 1.00. The summed E-state index contributed by atoms with van der Waals surface area (Å²) >= 11 is 0. The standard InChI is InChI=1S/C22H47N.HI/c1-5-9-10-11-12-13-14-15-16-17-18-19-20-21(6-2)22(23,7-3)8-4;/h21H,5-20,23H2,1-4H3;1H. The third-order valence-corrected chi connectivity index (χ3v) is 6.03. The summed E-state index contributed by atoms with van der Waals surface area (Å²) in [4.78, 5) is 0. The predicted molar refractivity (Wildman–Crippen MR) is 122 cm³/mol. The Morgan fingerprint density at radius 2 is 1.00 bits per heavy atom. The maximum Gasteiger partial charge on any atom is 0.0177 e. The zero-order chi connectivity index (χ0) is 17.4. The van der Waals surface area contributed by atoms with Crippen LogP contribution in [0.4, 0.5) is 0 Å². The van der Waals surface area contributed by atoms with Crippen molar-refractivity contribution in [3.63, 3.8) is 0 Å². The third kappa shape index (κ3) is 13.0. The monoisotopic (exact) mass is 453 g/mol. The van der Waals surface area contributed by atoms with E-state index in [1.54, 1.807) is 0 Å². The van der Waals surface area contributed by atoms with Gasteiger partial charge < -0.3 is 5.73 Å². The van der Waals surface area contributed by atoms with Gasteiger partial charge in [-0.1, -0.05) is 111 Å². The van der Waals surface area contributed by atoms with Gasteiger partial charge in [-0.05, 0) is 25.2 Å². The first-order valence-corrected chi connectivity index (χ1v) is 10.9. The Bertz CT molecular complexity index is 238. The molecule has 0 bridgehead atoms. The van der Waals surface area contributed by atoms with Crippen molar-refractivity contribution in [1.29, 1.82) is 0 Å². The Balaban J connectivity index is 0. The molecule has 148 valence electrons. The van der Waals surface area contributed by atoms with Crippen LogP contribution in [0.15, 0.2) is 0 Å². The number of halogens is 1. The van der Waals surface area contributed by atoms with Gasteiger partial charge in [-0.3, -0.25) is 0 Å². The summed E-state index contributed by atoms with van der Waals surface area (Å²) < 4.78 is 0. The van der Waals surface area contributed by atoms with Gasteiger partial charge >= 0.3 is 0 Å². The highest BCUT2D eigenvalue weighted by molar-refractivity contribution is 14.0. The first kappa shape index (κ1) is 26.9. The summed E-state index contributed by atoms with van der Waals surface area (Å²) in [6.45, 7) is 9.13. The van der Waals surface area contributed by atoms with Crippen LogP contribution in [-0.2, 0) is 0 Å². The highest BCUT2D eigenvalue weighted by Gasteiger charge is 2.29. The molecule has 0 radical (unpaired) electrons. The van der Waals surface area contributed by atoms with Gasteiger partial charge in [0.1, 0.15) is 0 Å². The molecule has 0 aliphatic heterocycles. The van der Waals surface area contributed by atoms with Crippen molar-refractivity contribution < 1.29 is 0 Å². The molecule has 1 nitrogen and oxygen atoms in total. The molecule has 2 heteroatoms. The van der Waals surface area contributed by atoms with E-state index in [-0.39, 0.29) is 29.5 Å². The average Bonchev–Trinajstić information content (AvgIpc) is 2.58. The number of nitrogens with two attached hydrogens (primary N) is 1. The van der Waals surface area contributed by atoms with Crippen LogP contribution in [0.25, 0.3) is 0 Å². The lowest BCUT2D eigenvalue weighted by molar-refractivity contribution is 0.225. The van der Waals surface area contributed by atoms with Crippen LogP contribution in [0.5, 0.6) is 0 Å². The second kappa shape index (κ2) is 18.5. The van der Waals surface area contributed by atoms with Gasteiger partial charge in [0.05, 0.1) is 0 Å². The molecular formula is C22H48IN. The molecule has 1 atom stereocenters. The topological polar surface area (TPSA) is 26.0 Å². The predicted octanol–water partition coefficient (Wildman–Crippen LogP) is 8.24. The molecule has 0 heterocycles. The molecule has 0 aliphatic rings. The Morgan fingerprint density at radius 1 is 0.625 bits per heavy atom. The Kier molecular flexibility index (Phi) is 20.7. The van der Waals surface area contributed by atoms with Crippen molar-refractivity contribution >= 4 is 24.0 Å². The Labute approximate surface area is 171 Å². The molecule has 0 aromatic carbocycles. The molecule has 0 saturated heterocycles. The van der Waals surface area contributed by atoms with Gasteiger partial charge in [-0.15, -0.1) is 24.0 Å². The van der Waals surface area contributed by atoms with Crippen LogP contribution in [0.2, 0.25) is 0 Å². The minimum absolute atomic E-state index is 0. The third-order valence-electron chi connectivity index (χ3n) is 6.03. The van der Waals surface area contributed by atoms with Crippen LogP contribution < -0.4 is 5.73 Å². The normalized spacial score (nSPS) is 12.9. The zero-order valence-electron chi connectivity index (χ0n) is 17.4. The molecule has 24 heavy (non-hydrogen) atoms. The largest absolute Gasteiger partial charge is 0.325 e. The molecule has 0 aromatic rings. The Morgan fingerprint density at radius 3 is 1.33 bits per heavy atom. The Hall–Kier alpha value is 0.690. The average molecular weight is 454 g/mol. The van der Waals surface area contributed by atoms with Gasteiger partial charge in [0, 0.05) is 5.54 Å². The molecule has 0 aromatic heterocycles. The molecule has 0 amide bonds. The summed E-state index contributed by atoms with van der Waals surface area (Å²) in [5, 5.41) is 0. The molecule has 0 spiro atoms. The molecule has 2 N–H and O–H groups in total. The molecule has 0 saturated carbocycles. The van der Waals surface area contributed by atoms with Gasteiger partial charge in [0.25, 0.3) is 0 Å². The highest BCUT2D eigenvalue weighted by atomic mass is 127. The van der Waals surface area contributed by atoms with E-state index in [9.17, 15) is 0 Å². The van der Waals surface area contributed by atoms with Crippen molar-refractivity contribution in [2.24, 2.45) is 11.7 Å². The summed E-state index contributed by atoms with van der Waals surface area (Å²) in [6.07, 6.45) is 22.1. The number of rotatable bonds is 17. The van der Waals surface area contributed by atoms with Gasteiger partial charge in [0.2, 0.25) is 0 Å². The van der Waals surface area contributed by atoms with E-state index in [0.717, 1.165) is 18.8 Å². The molecule has 0 rings (SSSR count). The van der Waals surface area contributed by atoms with Crippen molar-refractivity contribution in [3.8, 4) is 0 Å². The van der Waals surface area contributed by atoms with Crippen LogP contribution >= 0.6 is 24.0 Å². The highest BCUT2D eigenvalue weighted by Crippen LogP contribution is 2.30. The van der Waals surface area contributed by atoms with Crippen molar-refractivity contribution in [3.05, 3.63) is 0 Å². The number of unbranched alkanes of at least 4 members (excludes halogenated alkanes) is 11. The minimum atomic E-state index is 0. The summed E-state index contributed by atoms with van der Waals surface area (Å²) in [5.41, 5.74) is 6.68. The van der Waals surface area contributed by atoms with E-state index in [0.29, 0.717) is 0 Å². The van der Waals surface area contributed by atoms with E-state index >= 15 is 0 Å². The molecule has 0 fully saturated rings. The molecular weight excluding hydrogens is 405 g/mol. The lowest BCUT2D eigenvalue weighted by Gasteiger charge is -2.36. The smallest absolute Gasteiger partial charge is 0.0177 e. The maximum atomic E-state index is 6.59. The first-order chi connectivity index (χ1) is 11.1. The van der Waals surface area contributed by atoms with Crippen LogP contribution in [0.3, 0.4) is 0 Å². The number of hydrogen-bond donors (Lipinski definition) is 1. The van der Waals surface area contributed by atoms with E-state index in [1.807, 2.05) is 0 Å². The van der Waals surface area contributed by atoms with E-state index in [4.69, 9.17) is 5.73 Å². The van der Waals surface area contributed by atoms with Crippen LogP contribution in [0.1, 0.15) is 130 Å². The number of hydrogen-bond acceptors (Lipinski definition) is 1. The van der Waals surface area contributed by atoms with Crippen molar-refractivity contribution in [1.82, 2.24) is 0 Å². The van der Waals surface area contributed by atoms with Gasteiger partial charge in [-0.25, -0.2) is 0 Å². The van der Waals surface area contributed by atoms with Gasteiger partial charge in [0.15, 0.2) is 0 Å². The fourth-order valence-electron chi connectivity index (χ4n) is 3.96. The minimum Gasteiger partial charge on any atom is -0.325 e. The lowest BCUT2D eigenvalue weighted by Crippen LogP contribution is -2.45. The fourth-order valence-corrected chi connectivity index (χ4v) is 3.96. The SMILES string of the molecule is CCCCCCCCCCCCCCC(CC)C(N)(CC)CC.I. The summed E-state index contributed by atoms with van der Waals surface area (Å²) in [6, 6.07) is 0. The van der Waals surface area contributed by atoms with Crippen LogP contribution in [-0.4, -0.2) is 5.54 Å². The van der Waals surface area contributed by atoms with E-state index < -0.39 is 0 Å². The summed E-state index contributed by atoms with van der Waals surface area (Å²) in [5.74, 6) is 0.723. The first-order valence-electron chi connectivity index (χ1n) is 10.9. The second-order valence-electron chi connectivity index (χ2n) is 7.72. The quantitative estimate of drug-likeness (QED) is 0.174. The molecule has 1 unspecified atom stereocenters. The van der Waals surface area contributed by atoms with E-state index in [1.165, 1.54) is 89.9 Å². The maximum absolute atomic E-state index is 6.59. The van der Waals surface area contributed by atoms with Crippen molar-refractivity contribution in [2.75, 3.05) is 0 Å².